The van der Waals surface area contributed by atoms with Gasteiger partial charge in [-0.25, -0.2) is 0 Å². The number of para-hydroxylation sites is 1. The van der Waals surface area contributed by atoms with Crippen LogP contribution in [0, 0.1) is 6.92 Å². The normalized spacial score (nSPS) is 15.5. The first-order valence-electron chi connectivity index (χ1n) is 8.94. The monoisotopic (exact) mass is 350 g/mol. The number of pyridine rings is 1. The molecular weight excluding hydrogens is 328 g/mol. The first-order chi connectivity index (χ1) is 12.7. The SMILES string of the molecule is Cc1cc(CN2CCN(C(=O)Cc3cccc4cccnc34)CC2)on1. The number of aryl methyl sites for hydroxylation is 1. The molecule has 6 nitrogen and oxygen atoms in total. The molecule has 1 amide bonds. The highest BCUT2D eigenvalue weighted by molar-refractivity contribution is 5.87. The van der Waals surface area contributed by atoms with Crippen LogP contribution in [-0.4, -0.2) is 52.0 Å². The minimum Gasteiger partial charge on any atom is -0.360 e. The Kier molecular flexibility index (Phi) is 4.67. The molecule has 0 N–H and O–H groups in total. The van der Waals surface area contributed by atoms with Gasteiger partial charge in [0.05, 0.1) is 24.2 Å². The van der Waals surface area contributed by atoms with E-state index >= 15 is 0 Å². The molecule has 26 heavy (non-hydrogen) atoms. The van der Waals surface area contributed by atoms with Crippen LogP contribution < -0.4 is 0 Å². The van der Waals surface area contributed by atoms with E-state index in [4.69, 9.17) is 4.52 Å². The number of carbonyl (C=O) groups is 1. The minimum atomic E-state index is 0.165. The predicted molar refractivity (Wildman–Crippen MR) is 98.5 cm³/mol. The van der Waals surface area contributed by atoms with Gasteiger partial charge in [-0.3, -0.25) is 14.7 Å². The average molecular weight is 350 g/mol. The number of hydrogen-bond acceptors (Lipinski definition) is 5. The van der Waals surface area contributed by atoms with Crippen LogP contribution in [-0.2, 0) is 17.8 Å². The highest BCUT2D eigenvalue weighted by atomic mass is 16.5. The average Bonchev–Trinajstić information content (AvgIpc) is 3.07. The van der Waals surface area contributed by atoms with Crippen molar-refractivity contribution in [2.45, 2.75) is 19.9 Å². The highest BCUT2D eigenvalue weighted by Gasteiger charge is 2.22. The molecule has 1 saturated heterocycles. The number of aromatic nitrogens is 2. The van der Waals surface area contributed by atoms with Gasteiger partial charge in [0.25, 0.3) is 0 Å². The minimum absolute atomic E-state index is 0.165. The molecule has 0 aliphatic carbocycles. The molecule has 0 atom stereocenters. The van der Waals surface area contributed by atoms with Crippen molar-refractivity contribution in [3.8, 4) is 0 Å². The lowest BCUT2D eigenvalue weighted by Crippen LogP contribution is -2.48. The van der Waals surface area contributed by atoms with Gasteiger partial charge in [-0.1, -0.05) is 29.4 Å². The van der Waals surface area contributed by atoms with E-state index in [2.05, 4.69) is 15.0 Å². The predicted octanol–water partition coefficient (Wildman–Crippen LogP) is 2.42. The van der Waals surface area contributed by atoms with E-state index in [1.165, 1.54) is 0 Å². The number of carbonyl (C=O) groups excluding carboxylic acids is 1. The van der Waals surface area contributed by atoms with Crippen LogP contribution >= 0.6 is 0 Å². The summed E-state index contributed by atoms with van der Waals surface area (Å²) in [6.45, 7) is 5.84. The summed E-state index contributed by atoms with van der Waals surface area (Å²) in [6, 6.07) is 11.9. The summed E-state index contributed by atoms with van der Waals surface area (Å²) in [4.78, 5) is 21.4. The van der Waals surface area contributed by atoms with Crippen LogP contribution in [0.2, 0.25) is 0 Å². The maximum Gasteiger partial charge on any atom is 0.227 e. The van der Waals surface area contributed by atoms with Crippen molar-refractivity contribution in [1.29, 1.82) is 0 Å². The molecule has 3 heterocycles. The number of nitrogens with zero attached hydrogens (tertiary/aromatic N) is 4. The summed E-state index contributed by atoms with van der Waals surface area (Å²) in [5.41, 5.74) is 2.81. The number of piperazine rings is 1. The van der Waals surface area contributed by atoms with Crippen molar-refractivity contribution in [1.82, 2.24) is 19.9 Å². The zero-order valence-electron chi connectivity index (χ0n) is 14.9. The molecular formula is C20H22N4O2. The van der Waals surface area contributed by atoms with Gasteiger partial charge in [0.2, 0.25) is 5.91 Å². The molecule has 1 aliphatic rings. The first-order valence-corrected chi connectivity index (χ1v) is 8.94. The second-order valence-electron chi connectivity index (χ2n) is 6.76. The van der Waals surface area contributed by atoms with Crippen LogP contribution in [0.15, 0.2) is 47.1 Å². The van der Waals surface area contributed by atoms with Crippen molar-refractivity contribution >= 4 is 16.8 Å². The molecule has 0 saturated carbocycles. The van der Waals surface area contributed by atoms with Crippen LogP contribution in [0.1, 0.15) is 17.0 Å². The summed E-state index contributed by atoms with van der Waals surface area (Å²) in [5.74, 6) is 1.04. The van der Waals surface area contributed by atoms with Crippen LogP contribution in [0.25, 0.3) is 10.9 Å². The summed E-state index contributed by atoms with van der Waals surface area (Å²) >= 11 is 0. The smallest absolute Gasteiger partial charge is 0.227 e. The van der Waals surface area contributed by atoms with Gasteiger partial charge in [-0.15, -0.1) is 0 Å². The summed E-state index contributed by atoms with van der Waals surface area (Å²) < 4.78 is 5.28. The molecule has 0 bridgehead atoms. The highest BCUT2D eigenvalue weighted by Crippen LogP contribution is 2.18. The fourth-order valence-corrected chi connectivity index (χ4v) is 3.45. The van der Waals surface area contributed by atoms with Gasteiger partial charge in [-0.05, 0) is 18.6 Å². The lowest BCUT2D eigenvalue weighted by molar-refractivity contribution is -0.132. The molecule has 4 rings (SSSR count). The van der Waals surface area contributed by atoms with Gasteiger partial charge in [-0.2, -0.15) is 0 Å². The van der Waals surface area contributed by atoms with E-state index < -0.39 is 0 Å². The molecule has 0 radical (unpaired) electrons. The Morgan fingerprint density at radius 3 is 2.73 bits per heavy atom. The Balaban J connectivity index is 1.36. The molecule has 2 aromatic heterocycles. The van der Waals surface area contributed by atoms with Crippen LogP contribution in [0.4, 0.5) is 0 Å². The first kappa shape index (κ1) is 16.7. The standard InChI is InChI=1S/C20H22N4O2/c1-15-12-18(26-22-15)14-23-8-10-24(11-9-23)19(25)13-17-5-2-4-16-6-3-7-21-20(16)17/h2-7,12H,8-11,13-14H2,1H3. The van der Waals surface area contributed by atoms with Crippen molar-refractivity contribution in [3.63, 3.8) is 0 Å². The van der Waals surface area contributed by atoms with Crippen LogP contribution in [0.3, 0.4) is 0 Å². The Labute approximate surface area is 152 Å². The molecule has 0 unspecified atom stereocenters. The largest absolute Gasteiger partial charge is 0.360 e. The second-order valence-corrected chi connectivity index (χ2v) is 6.76. The third-order valence-corrected chi connectivity index (χ3v) is 4.84. The van der Waals surface area contributed by atoms with Gasteiger partial charge < -0.3 is 9.42 Å². The number of amides is 1. The summed E-state index contributed by atoms with van der Waals surface area (Å²) in [7, 11) is 0. The topological polar surface area (TPSA) is 62.5 Å². The van der Waals surface area contributed by atoms with Gasteiger partial charge in [0, 0.05) is 43.8 Å². The zero-order valence-corrected chi connectivity index (χ0v) is 14.9. The molecule has 1 aliphatic heterocycles. The molecule has 1 aromatic carbocycles. The van der Waals surface area contributed by atoms with Gasteiger partial charge in [0.1, 0.15) is 0 Å². The summed E-state index contributed by atoms with van der Waals surface area (Å²) in [6.07, 6.45) is 2.18. The van der Waals surface area contributed by atoms with Crippen molar-refractivity contribution in [2.24, 2.45) is 0 Å². The van der Waals surface area contributed by atoms with E-state index in [1.54, 1.807) is 6.20 Å². The van der Waals surface area contributed by atoms with E-state index in [9.17, 15) is 4.79 Å². The summed E-state index contributed by atoms with van der Waals surface area (Å²) in [5, 5.41) is 5.00. The fourth-order valence-electron chi connectivity index (χ4n) is 3.45. The maximum absolute atomic E-state index is 12.7. The molecule has 134 valence electrons. The molecule has 6 heteroatoms. The maximum atomic E-state index is 12.7. The zero-order chi connectivity index (χ0) is 17.9. The van der Waals surface area contributed by atoms with Crippen molar-refractivity contribution in [3.05, 3.63) is 59.6 Å². The quantitative estimate of drug-likeness (QED) is 0.723. The Hall–Kier alpha value is -2.73. The second kappa shape index (κ2) is 7.25. The lowest BCUT2D eigenvalue weighted by atomic mass is 10.1. The number of benzene rings is 1. The van der Waals surface area contributed by atoms with E-state index in [0.29, 0.717) is 6.42 Å². The van der Waals surface area contributed by atoms with Crippen molar-refractivity contribution in [2.75, 3.05) is 26.2 Å². The Morgan fingerprint density at radius 2 is 1.96 bits per heavy atom. The van der Waals surface area contributed by atoms with Gasteiger partial charge >= 0.3 is 0 Å². The van der Waals surface area contributed by atoms with Gasteiger partial charge in [0.15, 0.2) is 5.76 Å². The van der Waals surface area contributed by atoms with Crippen LogP contribution in [0.5, 0.6) is 0 Å². The Bertz CT molecular complexity index is 908. The molecule has 3 aromatic rings. The molecule has 0 spiro atoms. The number of hydrogen-bond donors (Lipinski definition) is 0. The fraction of sp³-hybridized carbons (Fsp3) is 0.350. The van der Waals surface area contributed by atoms with Crippen molar-refractivity contribution < 1.29 is 9.32 Å². The number of fused-ring (bicyclic) bond motifs is 1. The third kappa shape index (κ3) is 3.60. The Morgan fingerprint density at radius 1 is 1.15 bits per heavy atom. The van der Waals surface area contributed by atoms with E-state index in [-0.39, 0.29) is 5.91 Å². The molecule has 1 fully saturated rings. The number of rotatable bonds is 4. The third-order valence-electron chi connectivity index (χ3n) is 4.84. The van der Waals surface area contributed by atoms with E-state index in [1.807, 2.05) is 48.2 Å². The van der Waals surface area contributed by atoms with E-state index in [0.717, 1.165) is 60.6 Å². The lowest BCUT2D eigenvalue weighted by Gasteiger charge is -2.34.